The van der Waals surface area contributed by atoms with Crippen molar-refractivity contribution in [2.75, 3.05) is 25.2 Å². The second kappa shape index (κ2) is 8.10. The third-order valence-electron chi connectivity index (χ3n) is 4.37. The average Bonchev–Trinajstić information content (AvgIpc) is 3.10. The molecule has 6 heteroatoms. The Bertz CT molecular complexity index is 888. The molecule has 0 unspecified atom stereocenters. The molecule has 0 amide bonds. The van der Waals surface area contributed by atoms with E-state index >= 15 is 0 Å². The van der Waals surface area contributed by atoms with Crippen molar-refractivity contribution in [3.05, 3.63) is 54.1 Å². The molecule has 0 spiro atoms. The molecule has 0 radical (unpaired) electrons. The van der Waals surface area contributed by atoms with Gasteiger partial charge in [-0.3, -0.25) is 4.79 Å². The highest BCUT2D eigenvalue weighted by Crippen LogP contribution is 2.18. The summed E-state index contributed by atoms with van der Waals surface area (Å²) in [6.45, 7) is 5.49. The number of aromatic nitrogens is 3. The van der Waals surface area contributed by atoms with Gasteiger partial charge in [-0.15, -0.1) is 0 Å². The number of nitrogens with zero attached hydrogens (tertiary/aromatic N) is 3. The van der Waals surface area contributed by atoms with Crippen molar-refractivity contribution in [1.29, 1.82) is 0 Å². The number of H-pyrrole nitrogens is 1. The Morgan fingerprint density at radius 3 is 2.85 bits per heavy atom. The second-order valence-electron chi connectivity index (χ2n) is 6.54. The van der Waals surface area contributed by atoms with Gasteiger partial charge in [-0.2, -0.15) is 0 Å². The van der Waals surface area contributed by atoms with Crippen LogP contribution in [0, 0.1) is 0 Å². The molecule has 0 aliphatic carbocycles. The number of methoxy groups -OCH3 is 1. The number of ether oxygens (including phenoxy) is 1. The van der Waals surface area contributed by atoms with E-state index in [1.807, 2.05) is 30.5 Å². The quantitative estimate of drug-likeness (QED) is 0.630. The molecule has 26 heavy (non-hydrogen) atoms. The lowest BCUT2D eigenvalue weighted by Crippen LogP contribution is -2.34. The Morgan fingerprint density at radius 2 is 2.08 bits per heavy atom. The van der Waals surface area contributed by atoms with Gasteiger partial charge >= 0.3 is 0 Å². The molecule has 2 aromatic heterocycles. The predicted molar refractivity (Wildman–Crippen MR) is 103 cm³/mol. The number of fused-ring (bicyclic) bond motifs is 1. The summed E-state index contributed by atoms with van der Waals surface area (Å²) in [6, 6.07) is 10.0. The van der Waals surface area contributed by atoms with Crippen molar-refractivity contribution in [3.8, 4) is 0 Å². The molecule has 0 saturated carbocycles. The zero-order valence-electron chi connectivity index (χ0n) is 15.4. The molecule has 6 nitrogen and oxygen atoms in total. The summed E-state index contributed by atoms with van der Waals surface area (Å²) in [4.78, 5) is 26.5. The number of hydrogen-bond acceptors (Lipinski definition) is 5. The molecule has 0 aliphatic heterocycles. The fourth-order valence-electron chi connectivity index (χ4n) is 2.97. The maximum atomic E-state index is 12.7. The first kappa shape index (κ1) is 18.1. The zero-order valence-corrected chi connectivity index (χ0v) is 15.4. The van der Waals surface area contributed by atoms with Crippen LogP contribution in [0.3, 0.4) is 0 Å². The molecular weight excluding hydrogens is 328 g/mol. The molecule has 1 N–H and O–H groups in total. The van der Waals surface area contributed by atoms with Crippen LogP contribution in [0.4, 0.5) is 5.82 Å². The van der Waals surface area contributed by atoms with E-state index in [1.54, 1.807) is 13.2 Å². The number of benzene rings is 1. The van der Waals surface area contributed by atoms with Gasteiger partial charge in [0.2, 0.25) is 0 Å². The van der Waals surface area contributed by atoms with Gasteiger partial charge in [0.25, 0.3) is 0 Å². The summed E-state index contributed by atoms with van der Waals surface area (Å²) in [7, 11) is 1.68. The normalized spacial score (nSPS) is 11.2. The van der Waals surface area contributed by atoms with Crippen molar-refractivity contribution in [1.82, 2.24) is 15.0 Å². The highest BCUT2D eigenvalue weighted by molar-refractivity contribution is 5.96. The van der Waals surface area contributed by atoms with Gasteiger partial charge in [0.1, 0.15) is 17.8 Å². The van der Waals surface area contributed by atoms with Gasteiger partial charge in [0.05, 0.1) is 6.61 Å². The van der Waals surface area contributed by atoms with Crippen LogP contribution >= 0.6 is 0 Å². The maximum absolute atomic E-state index is 12.7. The van der Waals surface area contributed by atoms with Crippen LogP contribution in [0.2, 0.25) is 0 Å². The fraction of sp³-hybridized carbons (Fsp3) is 0.350. The number of aromatic amines is 1. The minimum atomic E-state index is -0.0148. The van der Waals surface area contributed by atoms with Crippen LogP contribution in [0.25, 0.3) is 10.9 Å². The Labute approximate surface area is 153 Å². The van der Waals surface area contributed by atoms with E-state index in [0.717, 1.165) is 22.3 Å². The maximum Gasteiger partial charge on any atom is 0.185 e. The van der Waals surface area contributed by atoms with Crippen LogP contribution in [0.1, 0.15) is 29.9 Å². The topological polar surface area (TPSA) is 71.1 Å². The van der Waals surface area contributed by atoms with E-state index in [-0.39, 0.29) is 11.8 Å². The smallest absolute Gasteiger partial charge is 0.185 e. The number of carbonyl (C=O) groups is 1. The number of rotatable bonds is 8. The highest BCUT2D eigenvalue weighted by atomic mass is 16.5. The van der Waals surface area contributed by atoms with Gasteiger partial charge in [0.15, 0.2) is 5.78 Å². The Kier molecular flexibility index (Phi) is 5.63. The van der Waals surface area contributed by atoms with Gasteiger partial charge in [-0.25, -0.2) is 9.97 Å². The third-order valence-corrected chi connectivity index (χ3v) is 4.37. The first-order valence-electron chi connectivity index (χ1n) is 8.75. The Morgan fingerprint density at radius 1 is 1.23 bits per heavy atom. The van der Waals surface area contributed by atoms with Crippen molar-refractivity contribution in [2.45, 2.75) is 26.3 Å². The van der Waals surface area contributed by atoms with Crippen molar-refractivity contribution >= 4 is 22.5 Å². The summed E-state index contributed by atoms with van der Waals surface area (Å²) in [5.74, 6) is 0.732. The van der Waals surface area contributed by atoms with Crippen molar-refractivity contribution < 1.29 is 9.53 Å². The predicted octanol–water partition coefficient (Wildman–Crippen LogP) is 3.24. The third kappa shape index (κ3) is 4.08. The van der Waals surface area contributed by atoms with Gasteiger partial charge in [-0.1, -0.05) is 6.07 Å². The molecule has 0 atom stereocenters. The van der Waals surface area contributed by atoms with Crippen molar-refractivity contribution in [2.24, 2.45) is 0 Å². The number of carbonyl (C=O) groups excluding carboxylic acids is 1. The van der Waals surface area contributed by atoms with Gasteiger partial charge in [-0.05, 0) is 43.0 Å². The fourth-order valence-corrected chi connectivity index (χ4v) is 2.97. The monoisotopic (exact) mass is 352 g/mol. The van der Waals surface area contributed by atoms with E-state index in [1.165, 1.54) is 6.33 Å². The summed E-state index contributed by atoms with van der Waals surface area (Å²) in [5, 5.41) is 1.10. The highest BCUT2D eigenvalue weighted by Gasteiger charge is 2.16. The molecule has 0 saturated heterocycles. The first-order valence-corrected chi connectivity index (χ1v) is 8.75. The minimum absolute atomic E-state index is 0.0148. The lowest BCUT2D eigenvalue weighted by molar-refractivity contribution is 0.0988. The first-order chi connectivity index (χ1) is 12.6. The van der Waals surface area contributed by atoms with E-state index in [0.29, 0.717) is 25.3 Å². The van der Waals surface area contributed by atoms with Crippen LogP contribution in [-0.2, 0) is 11.2 Å². The van der Waals surface area contributed by atoms with E-state index in [2.05, 4.69) is 33.7 Å². The van der Waals surface area contributed by atoms with Crippen LogP contribution in [0.15, 0.2) is 42.9 Å². The molecular formula is C20H24N4O2. The second-order valence-corrected chi connectivity index (χ2v) is 6.54. The molecule has 0 aliphatic rings. The Balaban J connectivity index is 1.78. The zero-order chi connectivity index (χ0) is 18.5. The number of Topliss-reactive ketones (excluding diaryl/α,β-unsaturated/α-hetero) is 1. The van der Waals surface area contributed by atoms with Crippen LogP contribution in [-0.4, -0.2) is 47.0 Å². The molecule has 0 fully saturated rings. The van der Waals surface area contributed by atoms with E-state index < -0.39 is 0 Å². The van der Waals surface area contributed by atoms with E-state index in [9.17, 15) is 4.79 Å². The summed E-state index contributed by atoms with van der Waals surface area (Å²) in [5.41, 5.74) is 2.48. The molecule has 3 rings (SSSR count). The largest absolute Gasteiger partial charge is 0.383 e. The van der Waals surface area contributed by atoms with E-state index in [4.69, 9.17) is 4.74 Å². The standard InChI is InChI=1S/C20H24N4O2/c1-14(2)24(8-9-26-3)20-12-18(22-13-23-20)19(25)11-15-4-5-17-16(10-15)6-7-21-17/h4-7,10,12-14,21H,8-9,11H2,1-3H3. The van der Waals surface area contributed by atoms with Crippen LogP contribution < -0.4 is 4.90 Å². The average molecular weight is 352 g/mol. The van der Waals surface area contributed by atoms with Crippen LogP contribution in [0.5, 0.6) is 0 Å². The molecule has 1 aromatic carbocycles. The summed E-state index contributed by atoms with van der Waals surface area (Å²) >= 11 is 0. The summed E-state index contributed by atoms with van der Waals surface area (Å²) < 4.78 is 5.17. The molecule has 3 aromatic rings. The van der Waals surface area contributed by atoms with Gasteiger partial charge < -0.3 is 14.6 Å². The molecule has 136 valence electrons. The Hall–Kier alpha value is -2.73. The molecule has 2 heterocycles. The minimum Gasteiger partial charge on any atom is -0.383 e. The number of ketones is 1. The lowest BCUT2D eigenvalue weighted by atomic mass is 10.0. The van der Waals surface area contributed by atoms with Gasteiger partial charge in [0, 0.05) is 43.9 Å². The number of hydrogen-bond donors (Lipinski definition) is 1. The number of nitrogens with one attached hydrogen (secondary N) is 1. The molecule has 0 bridgehead atoms. The number of anilines is 1. The SMILES string of the molecule is COCCN(c1cc(C(=O)Cc2ccc3[nH]ccc3c2)ncn1)C(C)C. The lowest BCUT2D eigenvalue weighted by Gasteiger charge is -2.27. The summed E-state index contributed by atoms with van der Waals surface area (Å²) in [6.07, 6.45) is 3.67. The van der Waals surface area contributed by atoms with Crippen molar-refractivity contribution in [3.63, 3.8) is 0 Å².